The van der Waals surface area contributed by atoms with Gasteiger partial charge in [-0.05, 0) is 98.6 Å². The number of oxazole rings is 2. The van der Waals surface area contributed by atoms with Crippen molar-refractivity contribution >= 4 is 77.9 Å². The number of hydrogen-bond donors (Lipinski definition) is 0. The monoisotopic (exact) mass is 995 g/mol. The number of para-hydroxylation sites is 2. The van der Waals surface area contributed by atoms with Crippen LogP contribution in [-0.4, -0.2) is 49.0 Å². The minimum atomic E-state index is 0.402. The number of hydrogen-bond acceptors (Lipinski definition) is 2. The topological polar surface area (TPSA) is 46.5 Å². The summed E-state index contributed by atoms with van der Waals surface area (Å²) in [4.78, 5) is 4.81. The van der Waals surface area contributed by atoms with E-state index in [2.05, 4.69) is 214 Å². The number of unbranched alkanes of at least 4 members (excludes halogenated alkanes) is 4. The maximum atomic E-state index is 6.91. The first kappa shape index (κ1) is 48.6. The third kappa shape index (κ3) is 9.58. The van der Waals surface area contributed by atoms with Crippen LogP contribution in [0.1, 0.15) is 131 Å². The highest BCUT2D eigenvalue weighted by Crippen LogP contribution is 2.40. The molecular formula is C67H74N6O2+4. The SMILES string of the molecule is C[N+](C)=C(C=C1CCCCC[n+]2c1oc1c3ccccc3ccc12)N1C=CC(CCCCCCCC2C=CN(C(C=C3CCCCC[n+]4c3oc3c5ccccc5ccc34)=[N+](C)C)c3ccccc32)c2ccccc21. The molecule has 2 unspecified atom stereocenters. The fourth-order valence-corrected chi connectivity index (χ4v) is 12.6. The van der Waals surface area contributed by atoms with Gasteiger partial charge in [0.1, 0.15) is 11.4 Å². The highest BCUT2D eigenvalue weighted by Gasteiger charge is 2.36. The zero-order valence-electron chi connectivity index (χ0n) is 44.7. The van der Waals surface area contributed by atoms with Crippen molar-refractivity contribution in [3.63, 3.8) is 0 Å². The third-order valence-corrected chi connectivity index (χ3v) is 16.6. The molecule has 6 heterocycles. The van der Waals surface area contributed by atoms with Crippen LogP contribution in [0.15, 0.2) is 167 Å². The lowest BCUT2D eigenvalue weighted by Crippen LogP contribution is -2.38. The molecule has 12 rings (SSSR count). The second-order valence-electron chi connectivity index (χ2n) is 22.0. The molecule has 8 heteroatoms. The molecule has 0 bridgehead atoms. The summed E-state index contributed by atoms with van der Waals surface area (Å²) in [6.45, 7) is 1.94. The molecule has 0 aliphatic carbocycles. The van der Waals surface area contributed by atoms with E-state index in [0.717, 1.165) is 99.1 Å². The molecule has 75 heavy (non-hydrogen) atoms. The molecule has 380 valence electrons. The van der Waals surface area contributed by atoms with Crippen LogP contribution >= 0.6 is 0 Å². The molecule has 2 atom stereocenters. The minimum Gasteiger partial charge on any atom is -0.397 e. The van der Waals surface area contributed by atoms with Crippen LogP contribution in [0.4, 0.5) is 11.4 Å². The molecule has 2 aromatic heterocycles. The minimum absolute atomic E-state index is 0.402. The quantitative estimate of drug-likeness (QED) is 0.0593. The van der Waals surface area contributed by atoms with Crippen LogP contribution in [0.2, 0.25) is 0 Å². The lowest BCUT2D eigenvalue weighted by molar-refractivity contribution is -0.679. The molecule has 0 amide bonds. The Morgan fingerprint density at radius 2 is 0.920 bits per heavy atom. The van der Waals surface area contributed by atoms with Crippen molar-refractivity contribution in [1.29, 1.82) is 0 Å². The van der Waals surface area contributed by atoms with E-state index in [1.54, 1.807) is 0 Å². The highest BCUT2D eigenvalue weighted by molar-refractivity contribution is 6.10. The van der Waals surface area contributed by atoms with Gasteiger partial charge in [0, 0.05) is 70.9 Å². The summed E-state index contributed by atoms with van der Waals surface area (Å²) in [6, 6.07) is 44.4. The second kappa shape index (κ2) is 21.5. The van der Waals surface area contributed by atoms with Gasteiger partial charge in [-0.15, -0.1) is 0 Å². The van der Waals surface area contributed by atoms with E-state index in [1.807, 2.05) is 0 Å². The number of amidine groups is 2. The van der Waals surface area contributed by atoms with Crippen LogP contribution in [0, 0.1) is 0 Å². The highest BCUT2D eigenvalue weighted by atomic mass is 16.4. The summed E-state index contributed by atoms with van der Waals surface area (Å²) in [5, 5.41) is 4.79. The van der Waals surface area contributed by atoms with Crippen molar-refractivity contribution in [2.75, 3.05) is 38.0 Å². The van der Waals surface area contributed by atoms with Gasteiger partial charge in [-0.25, -0.2) is 9.80 Å². The van der Waals surface area contributed by atoms with Gasteiger partial charge in [-0.1, -0.05) is 117 Å². The fraction of sp³-hybridized carbons (Fsp3) is 0.343. The molecule has 0 spiro atoms. The molecule has 0 saturated carbocycles. The summed E-state index contributed by atoms with van der Waals surface area (Å²) in [5.74, 6) is 5.11. The first-order chi connectivity index (χ1) is 36.9. The molecule has 8 nitrogen and oxygen atoms in total. The van der Waals surface area contributed by atoms with Gasteiger partial charge in [0.15, 0.2) is 13.1 Å². The Morgan fingerprint density at radius 1 is 0.493 bits per heavy atom. The molecule has 4 aliphatic rings. The number of allylic oxidation sites excluding steroid dienone is 4. The Kier molecular flexibility index (Phi) is 13.9. The van der Waals surface area contributed by atoms with E-state index in [-0.39, 0.29) is 0 Å². The molecule has 0 fully saturated rings. The van der Waals surface area contributed by atoms with Crippen LogP contribution in [-0.2, 0) is 13.1 Å². The normalized spacial score (nSPS) is 18.7. The molecule has 0 radical (unpaired) electrons. The standard InChI is InChI=1S/C67H74N6O2/c1-68(2)62(46-52-28-12-8-22-42-72-60-38-36-48-26-14-16-32-56(48)64(60)74-66(52)72)70-44-40-50(54-30-18-20-34-58(54)70)24-10-6-5-7-11-25-51-41-45-71(59-35-21-19-31-55(51)59)63(69(3)4)47-53-29-13-9-23-43-73-61-39-37-49-27-15-17-33-57(49)65(61)75-67(53)73/h14-21,26-27,30-41,44-47,50-51H,5-13,22-25,28-29,42-43H2,1-4H3/q+4. The summed E-state index contributed by atoms with van der Waals surface area (Å²) < 4.78 is 23.2. The van der Waals surface area contributed by atoms with E-state index in [1.165, 1.54) is 111 Å². The summed E-state index contributed by atoms with van der Waals surface area (Å²) in [5.41, 5.74) is 12.3. The average molecular weight is 995 g/mol. The first-order valence-electron chi connectivity index (χ1n) is 28.2. The number of anilines is 2. The number of fused-ring (bicyclic) bond motifs is 12. The van der Waals surface area contributed by atoms with Crippen molar-refractivity contribution in [1.82, 2.24) is 0 Å². The van der Waals surface area contributed by atoms with Crippen LogP contribution in [0.3, 0.4) is 0 Å². The van der Waals surface area contributed by atoms with Crippen molar-refractivity contribution in [3.05, 3.63) is 181 Å². The third-order valence-electron chi connectivity index (χ3n) is 16.6. The second-order valence-corrected chi connectivity index (χ2v) is 22.0. The van der Waals surface area contributed by atoms with E-state index in [9.17, 15) is 0 Å². The predicted molar refractivity (Wildman–Crippen MR) is 309 cm³/mol. The summed E-state index contributed by atoms with van der Waals surface area (Å²) in [6.07, 6.45) is 32.0. The van der Waals surface area contributed by atoms with Gasteiger partial charge in [0.05, 0.1) is 51.7 Å². The van der Waals surface area contributed by atoms with Gasteiger partial charge in [0.25, 0.3) is 22.7 Å². The first-order valence-corrected chi connectivity index (χ1v) is 28.2. The molecular weight excluding hydrogens is 921 g/mol. The average Bonchev–Trinajstić information content (AvgIpc) is 3.98. The lowest BCUT2D eigenvalue weighted by Gasteiger charge is -2.26. The Balaban J connectivity index is 0.696. The van der Waals surface area contributed by atoms with Gasteiger partial charge in [-0.3, -0.25) is 9.15 Å². The number of nitrogens with zero attached hydrogens (tertiary/aromatic N) is 6. The van der Waals surface area contributed by atoms with Crippen molar-refractivity contribution in [2.24, 2.45) is 0 Å². The smallest absolute Gasteiger partial charge is 0.377 e. The maximum absolute atomic E-state index is 6.91. The Bertz CT molecular complexity index is 3390. The summed E-state index contributed by atoms with van der Waals surface area (Å²) >= 11 is 0. The number of aromatic nitrogens is 2. The van der Waals surface area contributed by atoms with E-state index < -0.39 is 0 Å². The van der Waals surface area contributed by atoms with Crippen molar-refractivity contribution in [2.45, 2.75) is 121 Å². The van der Waals surface area contributed by atoms with E-state index in [4.69, 9.17) is 8.83 Å². The van der Waals surface area contributed by atoms with Crippen LogP contribution < -0.4 is 18.9 Å². The molecule has 6 aromatic carbocycles. The van der Waals surface area contributed by atoms with Gasteiger partial charge in [-0.2, -0.15) is 9.13 Å². The van der Waals surface area contributed by atoms with Gasteiger partial charge in [0.2, 0.25) is 11.2 Å². The van der Waals surface area contributed by atoms with Crippen LogP contribution in [0.25, 0.3) is 54.9 Å². The molecule has 4 aliphatic heterocycles. The molecule has 8 aromatic rings. The number of rotatable bonds is 10. The predicted octanol–water partition coefficient (Wildman–Crippen LogP) is 15.0. The Labute approximate surface area is 443 Å². The number of benzene rings is 6. The van der Waals surface area contributed by atoms with E-state index in [0.29, 0.717) is 11.8 Å². The Hall–Kier alpha value is -7.32. The fourth-order valence-electron chi connectivity index (χ4n) is 12.6. The molecule has 0 N–H and O–H groups in total. The van der Waals surface area contributed by atoms with Crippen molar-refractivity contribution < 1.29 is 27.1 Å². The van der Waals surface area contributed by atoms with Gasteiger partial charge >= 0.3 is 11.8 Å². The van der Waals surface area contributed by atoms with Crippen LogP contribution in [0.5, 0.6) is 0 Å². The summed E-state index contributed by atoms with van der Waals surface area (Å²) in [7, 11) is 8.69. The van der Waals surface area contributed by atoms with E-state index >= 15 is 0 Å². The number of aryl methyl sites for hydroxylation is 2. The zero-order valence-corrected chi connectivity index (χ0v) is 44.7. The Morgan fingerprint density at radius 3 is 1.39 bits per heavy atom. The van der Waals surface area contributed by atoms with Gasteiger partial charge < -0.3 is 8.83 Å². The van der Waals surface area contributed by atoms with Crippen molar-refractivity contribution in [3.8, 4) is 0 Å². The zero-order chi connectivity index (χ0) is 50.8. The molecule has 0 saturated heterocycles. The largest absolute Gasteiger partial charge is 0.397 e. The lowest BCUT2D eigenvalue weighted by atomic mass is 9.88. The maximum Gasteiger partial charge on any atom is 0.377 e.